The lowest BCUT2D eigenvalue weighted by atomic mass is 9.92. The molecule has 0 atom stereocenters. The van der Waals surface area contributed by atoms with Gasteiger partial charge in [0.05, 0.1) is 16.6 Å². The number of hydrogen-bond donors (Lipinski definition) is 2. The molecular formula is C27H26ClN5O4. The molecule has 0 aromatic heterocycles. The van der Waals surface area contributed by atoms with Crippen LogP contribution >= 0.6 is 11.6 Å². The molecule has 0 aliphatic carbocycles. The van der Waals surface area contributed by atoms with Gasteiger partial charge in [-0.05, 0) is 72.1 Å². The number of anilines is 1. The van der Waals surface area contributed by atoms with E-state index in [0.29, 0.717) is 40.5 Å². The number of nitrogens with one attached hydrogen (secondary N) is 1. The molecule has 0 saturated carbocycles. The predicted octanol–water partition coefficient (Wildman–Crippen LogP) is 5.00. The number of halogens is 1. The van der Waals surface area contributed by atoms with Crippen LogP contribution in [0.25, 0.3) is 0 Å². The number of nitro groups is 1. The highest BCUT2D eigenvalue weighted by molar-refractivity contribution is 6.31. The third-order valence-electron chi connectivity index (χ3n) is 5.72. The van der Waals surface area contributed by atoms with Crippen LogP contribution in [0, 0.1) is 26.9 Å². The largest absolute Gasteiger partial charge is 0.334 e. The van der Waals surface area contributed by atoms with Crippen molar-refractivity contribution in [1.82, 2.24) is 4.90 Å². The van der Waals surface area contributed by atoms with Gasteiger partial charge >= 0.3 is 0 Å². The first-order valence-electron chi connectivity index (χ1n) is 11.4. The number of amides is 2. The highest BCUT2D eigenvalue weighted by Gasteiger charge is 2.26. The second kappa shape index (κ2) is 11.6. The Morgan fingerprint density at radius 1 is 1.08 bits per heavy atom. The van der Waals surface area contributed by atoms with Crippen LogP contribution in [0.5, 0.6) is 0 Å². The normalized spacial score (nSPS) is 10.9. The molecule has 3 aromatic rings. The van der Waals surface area contributed by atoms with E-state index in [9.17, 15) is 19.7 Å². The maximum absolute atomic E-state index is 13.4. The molecule has 190 valence electrons. The third kappa shape index (κ3) is 7.13. The Morgan fingerprint density at radius 3 is 2.27 bits per heavy atom. The SMILES string of the molecule is CC(C)(CN)CN(Cc1cc(NC(=O)c2ccc([N+](=O)[O-])cc2)ccc1Cl)C(=O)c1ccc(C#N)cc1. The molecule has 0 spiro atoms. The Labute approximate surface area is 219 Å². The molecule has 0 heterocycles. The Morgan fingerprint density at radius 2 is 1.70 bits per heavy atom. The molecule has 0 aliphatic heterocycles. The average molecular weight is 520 g/mol. The minimum Gasteiger partial charge on any atom is -0.334 e. The van der Waals surface area contributed by atoms with Crippen molar-refractivity contribution in [2.24, 2.45) is 11.1 Å². The standard InChI is InChI=1S/C27H26ClN5O4/c1-27(2,16-30)17-32(26(35)20-5-3-18(14-29)4-6-20)15-21-13-22(9-12-24(21)28)31-25(34)19-7-10-23(11-8-19)33(36)37/h3-13H,15-17,30H2,1-2H3,(H,31,34). The third-order valence-corrected chi connectivity index (χ3v) is 6.09. The second-order valence-electron chi connectivity index (χ2n) is 9.28. The van der Waals surface area contributed by atoms with Gasteiger partial charge in [-0.25, -0.2) is 0 Å². The highest BCUT2D eigenvalue weighted by Crippen LogP contribution is 2.26. The van der Waals surface area contributed by atoms with Gasteiger partial charge in [-0.1, -0.05) is 25.4 Å². The molecule has 10 heteroatoms. The Kier molecular flexibility index (Phi) is 8.60. The van der Waals surface area contributed by atoms with E-state index in [-0.39, 0.29) is 29.1 Å². The van der Waals surface area contributed by atoms with Crippen molar-refractivity contribution in [2.75, 3.05) is 18.4 Å². The predicted molar refractivity (Wildman–Crippen MR) is 141 cm³/mol. The topological polar surface area (TPSA) is 142 Å². The lowest BCUT2D eigenvalue weighted by molar-refractivity contribution is -0.384. The van der Waals surface area contributed by atoms with E-state index >= 15 is 0 Å². The minimum atomic E-state index is -0.538. The summed E-state index contributed by atoms with van der Waals surface area (Å²) < 4.78 is 0. The average Bonchev–Trinajstić information content (AvgIpc) is 2.89. The number of non-ortho nitro benzene ring substituents is 1. The van der Waals surface area contributed by atoms with E-state index in [2.05, 4.69) is 5.32 Å². The first-order valence-corrected chi connectivity index (χ1v) is 11.7. The summed E-state index contributed by atoms with van der Waals surface area (Å²) in [6, 6.07) is 18.6. The van der Waals surface area contributed by atoms with Crippen LogP contribution in [0.15, 0.2) is 66.7 Å². The van der Waals surface area contributed by atoms with E-state index in [0.717, 1.165) is 0 Å². The maximum Gasteiger partial charge on any atom is 0.269 e. The van der Waals surface area contributed by atoms with Crippen molar-refractivity contribution in [3.63, 3.8) is 0 Å². The monoisotopic (exact) mass is 519 g/mol. The van der Waals surface area contributed by atoms with E-state index in [1.807, 2.05) is 19.9 Å². The number of nitriles is 1. The molecule has 9 nitrogen and oxygen atoms in total. The molecule has 2 amide bonds. The van der Waals surface area contributed by atoms with Crippen LogP contribution in [0.4, 0.5) is 11.4 Å². The van der Waals surface area contributed by atoms with Gasteiger partial charge in [0.25, 0.3) is 17.5 Å². The fourth-order valence-electron chi connectivity index (χ4n) is 3.57. The molecule has 3 aromatic carbocycles. The molecule has 3 rings (SSSR count). The van der Waals surface area contributed by atoms with Crippen LogP contribution in [-0.2, 0) is 6.54 Å². The Hall–Kier alpha value is -4.26. The minimum absolute atomic E-state index is 0.113. The van der Waals surface area contributed by atoms with Crippen molar-refractivity contribution >= 4 is 34.8 Å². The van der Waals surface area contributed by atoms with Gasteiger partial charge < -0.3 is 16.0 Å². The van der Waals surface area contributed by atoms with E-state index in [1.54, 1.807) is 47.4 Å². The fraction of sp³-hybridized carbons (Fsp3) is 0.222. The zero-order valence-corrected chi connectivity index (χ0v) is 21.2. The zero-order chi connectivity index (χ0) is 27.2. The summed E-state index contributed by atoms with van der Waals surface area (Å²) in [6.45, 7) is 4.76. The summed E-state index contributed by atoms with van der Waals surface area (Å²) in [7, 11) is 0. The summed E-state index contributed by atoms with van der Waals surface area (Å²) in [4.78, 5) is 38.0. The van der Waals surface area contributed by atoms with Crippen LogP contribution in [0.3, 0.4) is 0 Å². The number of nitrogens with zero attached hydrogens (tertiary/aromatic N) is 3. The van der Waals surface area contributed by atoms with Crippen molar-refractivity contribution < 1.29 is 14.5 Å². The smallest absolute Gasteiger partial charge is 0.269 e. The lowest BCUT2D eigenvalue weighted by Gasteiger charge is -2.32. The van der Waals surface area contributed by atoms with Crippen LogP contribution < -0.4 is 11.1 Å². The number of benzene rings is 3. The molecule has 3 N–H and O–H groups in total. The fourth-order valence-corrected chi connectivity index (χ4v) is 3.75. The molecular weight excluding hydrogens is 494 g/mol. The molecule has 0 aliphatic rings. The van der Waals surface area contributed by atoms with E-state index in [1.165, 1.54) is 24.3 Å². The van der Waals surface area contributed by atoms with Gasteiger partial charge in [0.1, 0.15) is 0 Å². The Bertz CT molecular complexity index is 1350. The van der Waals surface area contributed by atoms with E-state index in [4.69, 9.17) is 22.6 Å². The van der Waals surface area contributed by atoms with Crippen LogP contribution in [0.1, 0.15) is 45.7 Å². The Balaban J connectivity index is 1.85. The molecule has 0 fully saturated rings. The number of hydrogen-bond acceptors (Lipinski definition) is 6. The first-order chi connectivity index (χ1) is 17.5. The summed E-state index contributed by atoms with van der Waals surface area (Å²) in [5, 5.41) is 23.1. The van der Waals surface area contributed by atoms with Crippen LogP contribution in [0.2, 0.25) is 5.02 Å². The zero-order valence-electron chi connectivity index (χ0n) is 20.4. The molecule has 37 heavy (non-hydrogen) atoms. The summed E-state index contributed by atoms with van der Waals surface area (Å²) >= 11 is 6.46. The number of nitro benzene ring substituents is 1. The number of rotatable bonds is 9. The van der Waals surface area contributed by atoms with Crippen molar-refractivity contribution in [3.05, 3.63) is 104 Å². The lowest BCUT2D eigenvalue weighted by Crippen LogP contribution is -2.41. The van der Waals surface area contributed by atoms with Gasteiger partial charge in [0, 0.05) is 47.1 Å². The number of nitrogens with two attached hydrogens (primary N) is 1. The van der Waals surface area contributed by atoms with Crippen LogP contribution in [-0.4, -0.2) is 34.7 Å². The molecule has 0 saturated heterocycles. The summed E-state index contributed by atoms with van der Waals surface area (Å²) in [5.41, 5.74) is 7.62. The van der Waals surface area contributed by atoms with Gasteiger partial charge in [-0.15, -0.1) is 0 Å². The molecule has 0 radical (unpaired) electrons. The number of carbonyl (C=O) groups is 2. The van der Waals surface area contributed by atoms with Crippen molar-refractivity contribution in [1.29, 1.82) is 5.26 Å². The van der Waals surface area contributed by atoms with Crippen molar-refractivity contribution in [2.45, 2.75) is 20.4 Å². The summed E-state index contributed by atoms with van der Waals surface area (Å²) in [6.07, 6.45) is 0. The van der Waals surface area contributed by atoms with Crippen molar-refractivity contribution in [3.8, 4) is 6.07 Å². The first kappa shape index (κ1) is 27.3. The maximum atomic E-state index is 13.4. The van der Waals surface area contributed by atoms with Gasteiger partial charge in [-0.3, -0.25) is 19.7 Å². The van der Waals surface area contributed by atoms with E-state index < -0.39 is 10.8 Å². The second-order valence-corrected chi connectivity index (χ2v) is 9.69. The molecule has 0 unspecified atom stereocenters. The van der Waals surface area contributed by atoms with Gasteiger partial charge in [-0.2, -0.15) is 5.26 Å². The quantitative estimate of drug-likeness (QED) is 0.301. The highest BCUT2D eigenvalue weighted by atomic mass is 35.5. The van der Waals surface area contributed by atoms with Gasteiger partial charge in [0.2, 0.25) is 0 Å². The van der Waals surface area contributed by atoms with Gasteiger partial charge in [0.15, 0.2) is 0 Å². The summed E-state index contributed by atoms with van der Waals surface area (Å²) in [5.74, 6) is -0.694. The molecule has 0 bridgehead atoms. The number of carbonyl (C=O) groups excluding carboxylic acids is 2.